The Morgan fingerprint density at radius 1 is 1.37 bits per heavy atom. The third kappa shape index (κ3) is 3.65. The van der Waals surface area contributed by atoms with Crippen molar-refractivity contribution in [3.05, 3.63) is 40.8 Å². The van der Waals surface area contributed by atoms with E-state index in [4.69, 9.17) is 0 Å². The van der Waals surface area contributed by atoms with Gasteiger partial charge >= 0.3 is 6.18 Å². The lowest BCUT2D eigenvalue weighted by Crippen LogP contribution is -2.17. The lowest BCUT2D eigenvalue weighted by molar-refractivity contribution is -0.141. The number of nitrogens with zero attached hydrogens (tertiary/aromatic N) is 5. The van der Waals surface area contributed by atoms with Crippen LogP contribution < -0.4 is 5.32 Å². The van der Waals surface area contributed by atoms with Gasteiger partial charge in [-0.2, -0.15) is 23.5 Å². The Morgan fingerprint density at radius 2 is 2.15 bits per heavy atom. The van der Waals surface area contributed by atoms with E-state index in [1.807, 2.05) is 0 Å². The first-order valence-corrected chi connectivity index (χ1v) is 8.70. The lowest BCUT2D eigenvalue weighted by Gasteiger charge is -2.21. The molecule has 9 heteroatoms. The van der Waals surface area contributed by atoms with Crippen LogP contribution in [0.25, 0.3) is 0 Å². The molecule has 0 amide bonds. The van der Waals surface area contributed by atoms with Gasteiger partial charge in [0.05, 0.1) is 24.0 Å². The minimum Gasteiger partial charge on any atom is -0.331 e. The summed E-state index contributed by atoms with van der Waals surface area (Å²) in [6, 6.07) is 3.89. The van der Waals surface area contributed by atoms with Crippen LogP contribution in [-0.2, 0) is 6.18 Å². The highest BCUT2D eigenvalue weighted by Crippen LogP contribution is 2.37. The standard InChI is InChI=1S/C18H19F3N6/c1-3-4-5-13-16-14(8-22)26-27(17(16)25-10-24-13)11(2)12-6-7-15(23-9-12)18(19,20)21/h6-7,9-11,13H,3-5H2,1-2H3,(H,24,25). The molecule has 1 N–H and O–H groups in total. The summed E-state index contributed by atoms with van der Waals surface area (Å²) in [5.41, 5.74) is 0.637. The maximum absolute atomic E-state index is 12.7. The maximum Gasteiger partial charge on any atom is 0.433 e. The van der Waals surface area contributed by atoms with E-state index in [1.54, 1.807) is 17.9 Å². The zero-order valence-electron chi connectivity index (χ0n) is 15.0. The number of nitrogens with one attached hydrogen (secondary N) is 1. The van der Waals surface area contributed by atoms with E-state index < -0.39 is 17.9 Å². The maximum atomic E-state index is 12.7. The average molecular weight is 376 g/mol. The number of unbranched alkanes of at least 4 members (excludes halogenated alkanes) is 1. The number of halogens is 3. The molecule has 0 saturated carbocycles. The molecule has 0 aliphatic carbocycles. The Kier molecular flexibility index (Phi) is 5.17. The number of rotatable bonds is 5. The molecule has 2 atom stereocenters. The van der Waals surface area contributed by atoms with Crippen molar-refractivity contribution in [2.75, 3.05) is 5.32 Å². The molecule has 0 bridgehead atoms. The Morgan fingerprint density at radius 3 is 2.74 bits per heavy atom. The fourth-order valence-corrected chi connectivity index (χ4v) is 3.11. The second kappa shape index (κ2) is 7.39. The van der Waals surface area contributed by atoms with Crippen molar-refractivity contribution in [1.82, 2.24) is 14.8 Å². The largest absolute Gasteiger partial charge is 0.433 e. The van der Waals surface area contributed by atoms with Crippen LogP contribution in [0.15, 0.2) is 23.3 Å². The minimum absolute atomic E-state index is 0.150. The monoisotopic (exact) mass is 376 g/mol. The number of pyridine rings is 1. The second-order valence-corrected chi connectivity index (χ2v) is 6.40. The molecule has 1 aliphatic heterocycles. The van der Waals surface area contributed by atoms with Gasteiger partial charge in [-0.05, 0) is 25.0 Å². The molecule has 3 rings (SSSR count). The van der Waals surface area contributed by atoms with Crippen molar-refractivity contribution in [3.8, 4) is 6.07 Å². The highest BCUT2D eigenvalue weighted by atomic mass is 19.4. The van der Waals surface area contributed by atoms with E-state index >= 15 is 0 Å². The molecule has 2 unspecified atom stereocenters. The summed E-state index contributed by atoms with van der Waals surface area (Å²) in [7, 11) is 0. The van der Waals surface area contributed by atoms with Crippen LogP contribution in [0.2, 0.25) is 0 Å². The van der Waals surface area contributed by atoms with E-state index in [1.165, 1.54) is 12.3 Å². The highest BCUT2D eigenvalue weighted by Gasteiger charge is 2.33. The first-order valence-electron chi connectivity index (χ1n) is 8.70. The summed E-state index contributed by atoms with van der Waals surface area (Å²) in [5, 5.41) is 16.9. The first-order chi connectivity index (χ1) is 12.9. The van der Waals surface area contributed by atoms with Crippen molar-refractivity contribution >= 4 is 12.2 Å². The number of fused-ring (bicyclic) bond motifs is 1. The van der Waals surface area contributed by atoms with Crippen LogP contribution in [0.1, 0.15) is 67.7 Å². The number of aromatic nitrogens is 3. The van der Waals surface area contributed by atoms with Crippen molar-refractivity contribution in [2.45, 2.75) is 51.4 Å². The second-order valence-electron chi connectivity index (χ2n) is 6.40. The van der Waals surface area contributed by atoms with Crippen LogP contribution in [0, 0.1) is 11.3 Å². The quantitative estimate of drug-likeness (QED) is 0.835. The van der Waals surface area contributed by atoms with Gasteiger partial charge in [0.25, 0.3) is 0 Å². The molecule has 0 fully saturated rings. The number of aliphatic imine (C=N–C) groups is 1. The summed E-state index contributed by atoms with van der Waals surface area (Å²) in [6.07, 6.45) is 1.08. The van der Waals surface area contributed by atoms with Crippen LogP contribution in [0.5, 0.6) is 0 Å². The van der Waals surface area contributed by atoms with Crippen molar-refractivity contribution < 1.29 is 13.2 Å². The Bertz CT molecular complexity index is 876. The van der Waals surface area contributed by atoms with Gasteiger partial charge in [-0.15, -0.1) is 0 Å². The van der Waals surface area contributed by atoms with Gasteiger partial charge in [0.2, 0.25) is 0 Å². The predicted molar refractivity (Wildman–Crippen MR) is 94.4 cm³/mol. The smallest absolute Gasteiger partial charge is 0.331 e. The van der Waals surface area contributed by atoms with Crippen LogP contribution in [-0.4, -0.2) is 21.1 Å². The third-order valence-electron chi connectivity index (χ3n) is 4.60. The molecule has 2 aromatic rings. The molecule has 6 nitrogen and oxygen atoms in total. The first kappa shape index (κ1) is 18.9. The summed E-state index contributed by atoms with van der Waals surface area (Å²) in [5.74, 6) is 0.648. The van der Waals surface area contributed by atoms with E-state index in [2.05, 4.69) is 33.4 Å². The number of alkyl halides is 3. The fourth-order valence-electron chi connectivity index (χ4n) is 3.11. The van der Waals surface area contributed by atoms with Gasteiger partial charge in [-0.25, -0.2) is 4.68 Å². The minimum atomic E-state index is -4.48. The molecule has 27 heavy (non-hydrogen) atoms. The van der Waals surface area contributed by atoms with Gasteiger partial charge in [-0.3, -0.25) is 9.98 Å². The van der Waals surface area contributed by atoms with Crippen molar-refractivity contribution in [1.29, 1.82) is 5.26 Å². The van der Waals surface area contributed by atoms with E-state index in [9.17, 15) is 18.4 Å². The summed E-state index contributed by atoms with van der Waals surface area (Å²) in [6.45, 7) is 3.88. The molecule has 0 radical (unpaired) electrons. The zero-order valence-corrected chi connectivity index (χ0v) is 15.0. The number of hydrogen-bond acceptors (Lipinski definition) is 5. The molecule has 0 saturated heterocycles. The van der Waals surface area contributed by atoms with Gasteiger partial charge in [0.15, 0.2) is 5.69 Å². The number of anilines is 1. The Balaban J connectivity index is 1.96. The molecule has 142 valence electrons. The number of hydrogen-bond donors (Lipinski definition) is 1. The fraction of sp³-hybridized carbons (Fsp3) is 0.444. The topological polar surface area (TPSA) is 78.9 Å². The normalized spacial score (nSPS) is 17.1. The van der Waals surface area contributed by atoms with Crippen LogP contribution in [0.3, 0.4) is 0 Å². The summed E-state index contributed by atoms with van der Waals surface area (Å²) >= 11 is 0. The van der Waals surface area contributed by atoms with E-state index in [-0.39, 0.29) is 11.7 Å². The van der Waals surface area contributed by atoms with Gasteiger partial charge < -0.3 is 5.32 Å². The van der Waals surface area contributed by atoms with E-state index in [0.717, 1.165) is 30.9 Å². The predicted octanol–water partition coefficient (Wildman–Crippen LogP) is 4.46. The molecular weight excluding hydrogens is 357 g/mol. The molecular formula is C18H19F3N6. The Labute approximate surface area is 154 Å². The lowest BCUT2D eigenvalue weighted by atomic mass is 10.0. The molecule has 2 aromatic heterocycles. The SMILES string of the molecule is CCCCC1N=CNc2c1c(C#N)nn2C(C)c1ccc(C(F)(F)F)nc1. The third-order valence-corrected chi connectivity index (χ3v) is 4.60. The number of nitriles is 1. The Hall–Kier alpha value is -2.89. The van der Waals surface area contributed by atoms with E-state index in [0.29, 0.717) is 11.4 Å². The molecule has 3 heterocycles. The van der Waals surface area contributed by atoms with Gasteiger partial charge in [0, 0.05) is 6.20 Å². The summed E-state index contributed by atoms with van der Waals surface area (Å²) in [4.78, 5) is 7.94. The van der Waals surface area contributed by atoms with Crippen molar-refractivity contribution in [3.63, 3.8) is 0 Å². The highest BCUT2D eigenvalue weighted by molar-refractivity contribution is 5.79. The van der Waals surface area contributed by atoms with Crippen LogP contribution in [0.4, 0.5) is 19.0 Å². The van der Waals surface area contributed by atoms with Gasteiger partial charge in [0.1, 0.15) is 17.6 Å². The molecule has 0 spiro atoms. The van der Waals surface area contributed by atoms with Crippen molar-refractivity contribution in [2.24, 2.45) is 4.99 Å². The molecule has 0 aromatic carbocycles. The van der Waals surface area contributed by atoms with Gasteiger partial charge in [-0.1, -0.05) is 25.8 Å². The zero-order chi connectivity index (χ0) is 19.6. The van der Waals surface area contributed by atoms with Crippen LogP contribution >= 0.6 is 0 Å². The average Bonchev–Trinajstić information content (AvgIpc) is 3.04. The molecule has 1 aliphatic rings. The summed E-state index contributed by atoms with van der Waals surface area (Å²) < 4.78 is 39.8.